The number of likely N-dealkylation sites (tertiary alicyclic amines) is 1. The summed E-state index contributed by atoms with van der Waals surface area (Å²) in [5.74, 6) is 0.437. The third-order valence-corrected chi connectivity index (χ3v) is 5.62. The molecule has 0 atom stereocenters. The SMILES string of the molecule is O=C(O)c1ccc(N2CCOc3cc(C(=O)N4CCCC4)[nH]c32)cc1I. The number of carboxylic acid groups (broad SMARTS) is 1. The number of benzene rings is 1. The van der Waals surface area contributed by atoms with Crippen molar-refractivity contribution in [3.8, 4) is 5.75 Å². The summed E-state index contributed by atoms with van der Waals surface area (Å²) < 4.78 is 6.39. The van der Waals surface area contributed by atoms with Gasteiger partial charge in [0.05, 0.1) is 12.1 Å². The summed E-state index contributed by atoms with van der Waals surface area (Å²) in [6.45, 7) is 2.71. The number of anilines is 2. The molecule has 1 fully saturated rings. The number of hydrogen-bond acceptors (Lipinski definition) is 4. The van der Waals surface area contributed by atoms with Gasteiger partial charge in [0.15, 0.2) is 11.6 Å². The van der Waals surface area contributed by atoms with Crippen molar-refractivity contribution in [2.45, 2.75) is 12.8 Å². The van der Waals surface area contributed by atoms with Gasteiger partial charge in [0.1, 0.15) is 12.3 Å². The first-order chi connectivity index (χ1) is 12.5. The molecule has 7 nitrogen and oxygen atoms in total. The van der Waals surface area contributed by atoms with Crippen LogP contribution in [0.5, 0.6) is 5.75 Å². The number of amides is 1. The molecule has 2 aromatic rings. The van der Waals surface area contributed by atoms with E-state index in [0.717, 1.165) is 37.4 Å². The van der Waals surface area contributed by atoms with Crippen molar-refractivity contribution in [3.05, 3.63) is 39.1 Å². The molecule has 0 unspecified atom stereocenters. The number of ether oxygens (including phenoxy) is 1. The number of carbonyl (C=O) groups excluding carboxylic acids is 1. The molecule has 0 saturated carbocycles. The summed E-state index contributed by atoms with van der Waals surface area (Å²) in [4.78, 5) is 30.9. The van der Waals surface area contributed by atoms with Crippen LogP contribution < -0.4 is 9.64 Å². The Morgan fingerprint density at radius 3 is 2.62 bits per heavy atom. The van der Waals surface area contributed by atoms with Crippen molar-refractivity contribution in [1.29, 1.82) is 0 Å². The molecular formula is C18H18IN3O4. The largest absolute Gasteiger partial charge is 0.488 e. The van der Waals surface area contributed by atoms with Gasteiger partial charge in [-0.3, -0.25) is 4.79 Å². The fourth-order valence-corrected chi connectivity index (χ4v) is 4.13. The van der Waals surface area contributed by atoms with Crippen LogP contribution in [0, 0.1) is 3.57 Å². The molecule has 1 aromatic heterocycles. The topological polar surface area (TPSA) is 85.9 Å². The monoisotopic (exact) mass is 467 g/mol. The van der Waals surface area contributed by atoms with E-state index in [1.165, 1.54) is 0 Å². The number of carbonyl (C=O) groups is 2. The van der Waals surface area contributed by atoms with Crippen LogP contribution in [-0.2, 0) is 0 Å². The van der Waals surface area contributed by atoms with Crippen molar-refractivity contribution in [1.82, 2.24) is 9.88 Å². The van der Waals surface area contributed by atoms with Crippen molar-refractivity contribution < 1.29 is 19.4 Å². The lowest BCUT2D eigenvalue weighted by molar-refractivity contribution is 0.0695. The lowest BCUT2D eigenvalue weighted by atomic mass is 10.2. The Balaban J connectivity index is 1.66. The minimum atomic E-state index is -0.943. The molecule has 0 radical (unpaired) electrons. The number of H-pyrrole nitrogens is 1. The van der Waals surface area contributed by atoms with E-state index < -0.39 is 5.97 Å². The Kier molecular flexibility index (Phi) is 4.51. The highest BCUT2D eigenvalue weighted by Gasteiger charge is 2.27. The fourth-order valence-electron chi connectivity index (χ4n) is 3.40. The summed E-state index contributed by atoms with van der Waals surface area (Å²) >= 11 is 2.03. The van der Waals surface area contributed by atoms with E-state index in [1.54, 1.807) is 18.2 Å². The minimum absolute atomic E-state index is 0.00347. The molecule has 4 rings (SSSR count). The second kappa shape index (κ2) is 6.82. The van der Waals surface area contributed by atoms with Gasteiger partial charge in [-0.2, -0.15) is 0 Å². The van der Waals surface area contributed by atoms with Crippen LogP contribution in [0.25, 0.3) is 0 Å². The van der Waals surface area contributed by atoms with Gasteiger partial charge in [0.25, 0.3) is 5.91 Å². The maximum absolute atomic E-state index is 12.6. The Labute approximate surface area is 164 Å². The second-order valence-corrected chi connectivity index (χ2v) is 7.53. The number of fused-ring (bicyclic) bond motifs is 1. The Hall–Kier alpha value is -2.23. The lowest BCUT2D eigenvalue weighted by Crippen LogP contribution is -2.29. The fraction of sp³-hybridized carbons (Fsp3) is 0.333. The molecule has 2 N–H and O–H groups in total. The molecule has 2 aliphatic heterocycles. The van der Waals surface area contributed by atoms with E-state index in [0.29, 0.717) is 28.2 Å². The lowest BCUT2D eigenvalue weighted by Gasteiger charge is -2.29. The maximum Gasteiger partial charge on any atom is 0.336 e. The van der Waals surface area contributed by atoms with Gasteiger partial charge in [-0.15, -0.1) is 0 Å². The van der Waals surface area contributed by atoms with Crippen LogP contribution in [0.3, 0.4) is 0 Å². The van der Waals surface area contributed by atoms with Gasteiger partial charge in [-0.05, 0) is 53.6 Å². The smallest absolute Gasteiger partial charge is 0.336 e. The van der Waals surface area contributed by atoms with Crippen molar-refractivity contribution in [2.24, 2.45) is 0 Å². The molecule has 1 amide bonds. The first-order valence-electron chi connectivity index (χ1n) is 8.50. The van der Waals surface area contributed by atoms with E-state index >= 15 is 0 Å². The molecule has 2 aliphatic rings. The van der Waals surface area contributed by atoms with Crippen molar-refractivity contribution in [2.75, 3.05) is 31.1 Å². The third kappa shape index (κ3) is 3.02. The quantitative estimate of drug-likeness (QED) is 0.678. The number of halogens is 1. The predicted octanol–water partition coefficient (Wildman–Crippen LogP) is 3.08. The van der Waals surface area contributed by atoms with Crippen LogP contribution >= 0.6 is 22.6 Å². The summed E-state index contributed by atoms with van der Waals surface area (Å²) in [6, 6.07) is 6.98. The molecule has 136 valence electrons. The second-order valence-electron chi connectivity index (χ2n) is 6.36. The number of aromatic nitrogens is 1. The summed E-state index contributed by atoms with van der Waals surface area (Å²) in [5, 5.41) is 9.21. The molecular weight excluding hydrogens is 449 g/mol. The zero-order chi connectivity index (χ0) is 18.3. The maximum atomic E-state index is 12.6. The highest BCUT2D eigenvalue weighted by atomic mass is 127. The van der Waals surface area contributed by atoms with Gasteiger partial charge in [-0.25, -0.2) is 4.79 Å². The van der Waals surface area contributed by atoms with Crippen LogP contribution in [-0.4, -0.2) is 53.1 Å². The van der Waals surface area contributed by atoms with E-state index in [1.807, 2.05) is 38.5 Å². The number of aromatic amines is 1. The van der Waals surface area contributed by atoms with E-state index in [4.69, 9.17) is 4.74 Å². The molecule has 1 saturated heterocycles. The van der Waals surface area contributed by atoms with Gasteiger partial charge in [0.2, 0.25) is 0 Å². The number of nitrogens with one attached hydrogen (secondary N) is 1. The summed E-state index contributed by atoms with van der Waals surface area (Å²) in [7, 11) is 0. The standard InChI is InChI=1S/C18H18IN3O4/c19-13-9-11(3-4-12(13)18(24)25)22-7-8-26-15-10-14(20-16(15)22)17(23)21-5-1-2-6-21/h3-4,9-10,20H,1-2,5-8H2,(H,24,25). The summed E-state index contributed by atoms with van der Waals surface area (Å²) in [6.07, 6.45) is 2.09. The average Bonchev–Trinajstić information content (AvgIpc) is 3.29. The highest BCUT2D eigenvalue weighted by Crippen LogP contribution is 2.38. The number of nitrogens with zero attached hydrogens (tertiary/aromatic N) is 2. The Morgan fingerprint density at radius 1 is 1.15 bits per heavy atom. The van der Waals surface area contributed by atoms with E-state index in [-0.39, 0.29) is 11.5 Å². The van der Waals surface area contributed by atoms with Crippen molar-refractivity contribution in [3.63, 3.8) is 0 Å². The molecule has 0 bridgehead atoms. The minimum Gasteiger partial charge on any atom is -0.488 e. The van der Waals surface area contributed by atoms with Crippen LogP contribution in [0.4, 0.5) is 11.5 Å². The molecule has 1 aromatic carbocycles. The van der Waals surface area contributed by atoms with Gasteiger partial charge >= 0.3 is 5.97 Å². The Bertz CT molecular complexity index is 873. The molecule has 3 heterocycles. The number of carboxylic acids is 1. The van der Waals surface area contributed by atoms with Gasteiger partial charge < -0.3 is 24.6 Å². The van der Waals surface area contributed by atoms with E-state index in [2.05, 4.69) is 4.98 Å². The molecule has 0 aliphatic carbocycles. The summed E-state index contributed by atoms with van der Waals surface area (Å²) in [5.41, 5.74) is 1.67. The van der Waals surface area contributed by atoms with E-state index in [9.17, 15) is 14.7 Å². The highest BCUT2D eigenvalue weighted by molar-refractivity contribution is 14.1. The zero-order valence-corrected chi connectivity index (χ0v) is 16.2. The predicted molar refractivity (Wildman–Crippen MR) is 105 cm³/mol. The number of rotatable bonds is 3. The number of hydrogen-bond donors (Lipinski definition) is 2. The molecule has 0 spiro atoms. The first kappa shape index (κ1) is 17.2. The zero-order valence-electron chi connectivity index (χ0n) is 14.0. The van der Waals surface area contributed by atoms with Gasteiger partial charge in [-0.1, -0.05) is 0 Å². The molecule has 8 heteroatoms. The van der Waals surface area contributed by atoms with Crippen LogP contribution in [0.1, 0.15) is 33.7 Å². The average molecular weight is 467 g/mol. The first-order valence-corrected chi connectivity index (χ1v) is 9.58. The van der Waals surface area contributed by atoms with Crippen LogP contribution in [0.15, 0.2) is 24.3 Å². The van der Waals surface area contributed by atoms with Crippen molar-refractivity contribution >= 4 is 46.0 Å². The third-order valence-electron chi connectivity index (χ3n) is 4.72. The normalized spacial score (nSPS) is 16.3. The van der Waals surface area contributed by atoms with Crippen LogP contribution in [0.2, 0.25) is 0 Å². The molecule has 26 heavy (non-hydrogen) atoms. The number of aromatic carboxylic acids is 1. The van der Waals surface area contributed by atoms with Gasteiger partial charge in [0, 0.05) is 28.4 Å². The Morgan fingerprint density at radius 2 is 1.92 bits per heavy atom.